The maximum absolute atomic E-state index is 11.9. The van der Waals surface area contributed by atoms with Crippen molar-refractivity contribution in [1.82, 2.24) is 14.6 Å². The molecule has 1 aliphatic heterocycles. The quantitative estimate of drug-likeness (QED) is 0.717. The monoisotopic (exact) mass is 315 g/mol. The summed E-state index contributed by atoms with van der Waals surface area (Å²) in [4.78, 5) is 27.2. The molecule has 1 saturated heterocycles. The first-order valence-corrected chi connectivity index (χ1v) is 8.01. The van der Waals surface area contributed by atoms with Crippen molar-refractivity contribution >= 4 is 15.9 Å². The minimum absolute atomic E-state index is 0.0456. The van der Waals surface area contributed by atoms with Crippen LogP contribution in [0.15, 0.2) is 28.2 Å². The zero-order valence-electron chi connectivity index (χ0n) is 11.4. The third-order valence-corrected chi connectivity index (χ3v) is 4.55. The van der Waals surface area contributed by atoms with Gasteiger partial charge < -0.3 is 14.6 Å². The van der Waals surface area contributed by atoms with Crippen LogP contribution < -0.4 is 10.2 Å². The van der Waals surface area contributed by atoms with Crippen molar-refractivity contribution in [3.05, 3.63) is 28.7 Å². The minimum atomic E-state index is -3.91. The van der Waals surface area contributed by atoms with E-state index in [9.17, 15) is 18.0 Å². The maximum Gasteiger partial charge on any atom is 0.245 e. The Balaban J connectivity index is 1.89. The standard InChI is InChI=1S/C12H17N3O5S/c16-10-1-3-13-9-11(10)21(18,19)14-4-2-12(17)15-5-7-20-8-6-15/h1,3,9,14H,2,4-8H2,(H,13,16). The lowest BCUT2D eigenvalue weighted by molar-refractivity contribution is -0.135. The highest BCUT2D eigenvalue weighted by atomic mass is 32.2. The number of morpholine rings is 1. The van der Waals surface area contributed by atoms with Gasteiger partial charge in [0.1, 0.15) is 4.90 Å². The molecule has 0 aromatic carbocycles. The van der Waals surface area contributed by atoms with Gasteiger partial charge in [-0.1, -0.05) is 0 Å². The van der Waals surface area contributed by atoms with E-state index in [0.717, 1.165) is 12.3 Å². The van der Waals surface area contributed by atoms with E-state index < -0.39 is 15.5 Å². The van der Waals surface area contributed by atoms with Crippen LogP contribution in [0, 0.1) is 0 Å². The topological polar surface area (TPSA) is 109 Å². The number of carbonyl (C=O) groups is 1. The zero-order valence-corrected chi connectivity index (χ0v) is 12.2. The second-order valence-electron chi connectivity index (χ2n) is 4.51. The number of nitrogens with zero attached hydrogens (tertiary/aromatic N) is 1. The van der Waals surface area contributed by atoms with Gasteiger partial charge in [-0.15, -0.1) is 0 Å². The molecule has 9 heteroatoms. The highest BCUT2D eigenvalue weighted by Gasteiger charge is 2.20. The lowest BCUT2D eigenvalue weighted by Crippen LogP contribution is -2.42. The van der Waals surface area contributed by atoms with Crippen molar-refractivity contribution < 1.29 is 17.9 Å². The number of aromatic nitrogens is 1. The smallest absolute Gasteiger partial charge is 0.245 e. The van der Waals surface area contributed by atoms with Crippen molar-refractivity contribution in [2.45, 2.75) is 11.3 Å². The van der Waals surface area contributed by atoms with Gasteiger partial charge in [-0.3, -0.25) is 9.59 Å². The number of H-pyrrole nitrogens is 1. The van der Waals surface area contributed by atoms with Crippen LogP contribution in [-0.2, 0) is 19.6 Å². The molecule has 2 heterocycles. The SMILES string of the molecule is O=C(CCNS(=O)(=O)c1c[nH]ccc1=O)N1CCOCC1. The summed E-state index contributed by atoms with van der Waals surface area (Å²) in [5.74, 6) is -0.136. The summed E-state index contributed by atoms with van der Waals surface area (Å²) in [6.45, 7) is 1.98. The van der Waals surface area contributed by atoms with E-state index in [-0.39, 0.29) is 23.8 Å². The van der Waals surface area contributed by atoms with Gasteiger partial charge >= 0.3 is 0 Å². The van der Waals surface area contributed by atoms with Gasteiger partial charge in [0.15, 0.2) is 0 Å². The van der Waals surface area contributed by atoms with Crippen LogP contribution in [0.25, 0.3) is 0 Å². The van der Waals surface area contributed by atoms with Gasteiger partial charge in [-0.2, -0.15) is 0 Å². The predicted molar refractivity (Wildman–Crippen MR) is 74.3 cm³/mol. The van der Waals surface area contributed by atoms with E-state index in [0.29, 0.717) is 26.3 Å². The molecule has 2 N–H and O–H groups in total. The second kappa shape index (κ2) is 6.83. The number of hydrogen-bond donors (Lipinski definition) is 2. The molecule has 1 aliphatic rings. The Labute approximate surface area is 122 Å². The Kier molecular flexibility index (Phi) is 5.10. The van der Waals surface area contributed by atoms with E-state index in [2.05, 4.69) is 9.71 Å². The molecule has 0 radical (unpaired) electrons. The third kappa shape index (κ3) is 4.13. The number of pyridine rings is 1. The molecule has 1 fully saturated rings. The molecule has 0 spiro atoms. The van der Waals surface area contributed by atoms with Crippen LogP contribution >= 0.6 is 0 Å². The maximum atomic E-state index is 11.9. The van der Waals surface area contributed by atoms with Gasteiger partial charge in [0.05, 0.1) is 13.2 Å². The third-order valence-electron chi connectivity index (χ3n) is 3.07. The molecule has 1 aromatic heterocycles. The fraction of sp³-hybridized carbons (Fsp3) is 0.500. The van der Waals surface area contributed by atoms with E-state index in [1.807, 2.05) is 0 Å². The number of ether oxygens (including phenoxy) is 1. The van der Waals surface area contributed by atoms with Crippen LogP contribution in [0.1, 0.15) is 6.42 Å². The Morgan fingerprint density at radius 1 is 1.38 bits per heavy atom. The van der Waals surface area contributed by atoms with E-state index in [1.54, 1.807) is 4.90 Å². The fourth-order valence-electron chi connectivity index (χ4n) is 1.95. The highest BCUT2D eigenvalue weighted by Crippen LogP contribution is 2.02. The summed E-state index contributed by atoms with van der Waals surface area (Å²) in [6.07, 6.45) is 2.52. The Morgan fingerprint density at radius 3 is 2.76 bits per heavy atom. The van der Waals surface area contributed by atoms with Gasteiger partial charge in [-0.25, -0.2) is 13.1 Å². The molecular formula is C12H17N3O5S. The molecule has 0 unspecified atom stereocenters. The molecule has 8 nitrogen and oxygen atoms in total. The van der Waals surface area contributed by atoms with Gasteiger partial charge in [0, 0.05) is 44.5 Å². The molecule has 2 rings (SSSR count). The summed E-state index contributed by atoms with van der Waals surface area (Å²) in [5.41, 5.74) is -0.597. The number of carbonyl (C=O) groups excluding carboxylic acids is 1. The number of aromatic amines is 1. The molecule has 0 bridgehead atoms. The van der Waals surface area contributed by atoms with Crippen LogP contribution in [-0.4, -0.2) is 57.1 Å². The van der Waals surface area contributed by atoms with Crippen molar-refractivity contribution in [3.8, 4) is 0 Å². The molecule has 0 aliphatic carbocycles. The van der Waals surface area contributed by atoms with Crippen LogP contribution in [0.3, 0.4) is 0 Å². The summed E-state index contributed by atoms with van der Waals surface area (Å²) in [7, 11) is -3.91. The second-order valence-corrected chi connectivity index (χ2v) is 6.25. The molecule has 0 saturated carbocycles. The number of amides is 1. The van der Waals surface area contributed by atoms with Crippen molar-refractivity contribution in [2.75, 3.05) is 32.8 Å². The summed E-state index contributed by atoms with van der Waals surface area (Å²) in [5, 5.41) is 0. The van der Waals surface area contributed by atoms with Crippen molar-refractivity contribution in [2.24, 2.45) is 0 Å². The largest absolute Gasteiger partial charge is 0.378 e. The summed E-state index contributed by atoms with van der Waals surface area (Å²) in [6, 6.07) is 1.13. The molecule has 1 amide bonds. The summed E-state index contributed by atoms with van der Waals surface area (Å²) >= 11 is 0. The Bertz CT molecular complexity index is 649. The average molecular weight is 315 g/mol. The van der Waals surface area contributed by atoms with Crippen LogP contribution in [0.4, 0.5) is 0 Å². The zero-order chi connectivity index (χ0) is 15.3. The van der Waals surface area contributed by atoms with Crippen LogP contribution in [0.5, 0.6) is 0 Å². The van der Waals surface area contributed by atoms with Gasteiger partial charge in [-0.05, 0) is 0 Å². The van der Waals surface area contributed by atoms with Gasteiger partial charge in [0.2, 0.25) is 21.4 Å². The Hall–Kier alpha value is -1.71. The van der Waals surface area contributed by atoms with E-state index in [4.69, 9.17) is 4.74 Å². The number of hydrogen-bond acceptors (Lipinski definition) is 5. The Morgan fingerprint density at radius 2 is 2.10 bits per heavy atom. The molecule has 0 atom stereocenters. The summed E-state index contributed by atoms with van der Waals surface area (Å²) < 4.78 is 31.3. The molecule has 1 aromatic rings. The molecule has 116 valence electrons. The number of nitrogens with one attached hydrogen (secondary N) is 2. The minimum Gasteiger partial charge on any atom is -0.378 e. The van der Waals surface area contributed by atoms with Crippen LogP contribution in [0.2, 0.25) is 0 Å². The first-order chi connectivity index (χ1) is 10.0. The van der Waals surface area contributed by atoms with Crippen molar-refractivity contribution in [1.29, 1.82) is 0 Å². The lowest BCUT2D eigenvalue weighted by Gasteiger charge is -2.26. The van der Waals surface area contributed by atoms with E-state index in [1.165, 1.54) is 6.20 Å². The van der Waals surface area contributed by atoms with E-state index >= 15 is 0 Å². The average Bonchev–Trinajstić information content (AvgIpc) is 2.48. The van der Waals surface area contributed by atoms with Gasteiger partial charge in [0.25, 0.3) is 0 Å². The molecule has 21 heavy (non-hydrogen) atoms. The molecular weight excluding hydrogens is 298 g/mol. The number of rotatable bonds is 5. The first kappa shape index (κ1) is 15.7. The van der Waals surface area contributed by atoms with Crippen molar-refractivity contribution in [3.63, 3.8) is 0 Å². The lowest BCUT2D eigenvalue weighted by atomic mass is 10.3. The predicted octanol–water partition coefficient (Wildman–Crippen LogP) is -1.10. The normalized spacial score (nSPS) is 15.9. The number of sulfonamides is 1. The first-order valence-electron chi connectivity index (χ1n) is 6.53. The highest BCUT2D eigenvalue weighted by molar-refractivity contribution is 7.89. The fourth-order valence-corrected chi connectivity index (χ4v) is 3.03.